The Morgan fingerprint density at radius 3 is 2.36 bits per heavy atom. The minimum Gasteiger partial charge on any atom is -0.511 e. The van der Waals surface area contributed by atoms with E-state index < -0.39 is 24.0 Å². The molecule has 3 aliphatic heterocycles. The van der Waals surface area contributed by atoms with Crippen LogP contribution in [0.15, 0.2) is 65.9 Å². The number of aromatic hydroxyl groups is 1. The van der Waals surface area contributed by atoms with Crippen LogP contribution in [-0.4, -0.2) is 120 Å². The van der Waals surface area contributed by atoms with Crippen molar-refractivity contribution >= 4 is 52.3 Å². The van der Waals surface area contributed by atoms with Crippen LogP contribution in [0.4, 0.5) is 11.5 Å². The molecule has 2 amide bonds. The number of aliphatic hydroxyl groups is 2. The van der Waals surface area contributed by atoms with E-state index in [1.807, 2.05) is 80.0 Å². The smallest absolute Gasteiger partial charge is 0.243 e. The van der Waals surface area contributed by atoms with Crippen molar-refractivity contribution in [3.8, 4) is 16.2 Å². The van der Waals surface area contributed by atoms with Crippen molar-refractivity contribution in [1.29, 1.82) is 5.41 Å². The highest BCUT2D eigenvalue weighted by Crippen LogP contribution is 2.35. The van der Waals surface area contributed by atoms with Gasteiger partial charge in [-0.15, -0.1) is 11.3 Å². The third-order valence-corrected chi connectivity index (χ3v) is 14.4. The molecule has 4 atom stereocenters. The number of para-hydroxylation sites is 1. The van der Waals surface area contributed by atoms with E-state index >= 15 is 0 Å². The van der Waals surface area contributed by atoms with Crippen molar-refractivity contribution in [3.63, 3.8) is 0 Å². The molecule has 4 aromatic rings. The molecule has 66 heavy (non-hydrogen) atoms. The predicted octanol–water partition coefficient (Wildman–Crippen LogP) is 6.37. The number of carbonyl (C=O) groups is 2. The number of likely N-dealkylation sites (tertiary alicyclic amines) is 3. The molecule has 5 heterocycles. The third-order valence-electron chi connectivity index (χ3n) is 13.4. The van der Waals surface area contributed by atoms with Gasteiger partial charge in [0.2, 0.25) is 11.8 Å². The maximum atomic E-state index is 14.2. The second-order valence-electron chi connectivity index (χ2n) is 18.4. The molecular formula is C49H67N11O5S. The number of amidine groups is 1. The number of rotatable bonds is 15. The lowest BCUT2D eigenvalue weighted by Crippen LogP contribution is -2.49. The average Bonchev–Trinajstić information content (AvgIpc) is 4.00. The van der Waals surface area contributed by atoms with Crippen molar-refractivity contribution in [2.45, 2.75) is 91.0 Å². The number of nitrogens with zero attached hydrogens (tertiary/aromatic N) is 6. The number of nitrogen functional groups attached to an aromatic ring is 1. The highest BCUT2D eigenvalue weighted by Gasteiger charge is 2.43. The summed E-state index contributed by atoms with van der Waals surface area (Å²) in [6.07, 6.45) is 5.96. The number of hydrogen-bond donors (Lipinski definition) is 8. The first-order valence-corrected chi connectivity index (χ1v) is 24.1. The number of phenols is 1. The van der Waals surface area contributed by atoms with E-state index in [0.717, 1.165) is 72.7 Å². The lowest BCUT2D eigenvalue weighted by molar-refractivity contribution is -0.142. The summed E-state index contributed by atoms with van der Waals surface area (Å²) >= 11 is 1.58. The molecule has 0 radical (unpaired) electrons. The number of benzene rings is 2. The number of aromatic nitrogens is 3. The Morgan fingerprint density at radius 1 is 1.03 bits per heavy atom. The van der Waals surface area contributed by atoms with Crippen LogP contribution < -0.4 is 22.1 Å². The lowest BCUT2D eigenvalue weighted by atomic mass is 9.91. The first kappa shape index (κ1) is 48.0. The summed E-state index contributed by atoms with van der Waals surface area (Å²) in [4.78, 5) is 39.2. The Kier molecular flexibility index (Phi) is 15.4. The molecule has 17 heteroatoms. The maximum Gasteiger partial charge on any atom is 0.243 e. The number of nitrogens with two attached hydrogens (primary N) is 2. The van der Waals surface area contributed by atoms with Gasteiger partial charge in [0.25, 0.3) is 0 Å². The Morgan fingerprint density at radius 2 is 1.73 bits per heavy atom. The normalized spacial score (nSPS) is 20.2. The fourth-order valence-electron chi connectivity index (χ4n) is 9.65. The highest BCUT2D eigenvalue weighted by molar-refractivity contribution is 7.13. The number of hydrogen-bond acceptors (Lipinski definition) is 13. The number of phenolic OH excluding ortho intramolecular Hbond substituents is 1. The van der Waals surface area contributed by atoms with E-state index in [2.05, 4.69) is 20.5 Å². The van der Waals surface area contributed by atoms with Crippen molar-refractivity contribution in [2.75, 3.05) is 56.9 Å². The van der Waals surface area contributed by atoms with Crippen LogP contribution in [0.2, 0.25) is 0 Å². The summed E-state index contributed by atoms with van der Waals surface area (Å²) in [7, 11) is 0. The summed E-state index contributed by atoms with van der Waals surface area (Å²) in [5, 5.41) is 52.7. The lowest BCUT2D eigenvalue weighted by Gasteiger charge is -2.38. The van der Waals surface area contributed by atoms with Crippen LogP contribution in [0.5, 0.6) is 5.75 Å². The Bertz CT molecular complexity index is 2400. The molecule has 0 bridgehead atoms. The van der Waals surface area contributed by atoms with Gasteiger partial charge in [0, 0.05) is 69.6 Å². The number of carbonyl (C=O) groups excluding carboxylic acids is 2. The van der Waals surface area contributed by atoms with Gasteiger partial charge in [-0.05, 0) is 87.6 Å². The highest BCUT2D eigenvalue weighted by atomic mass is 32.1. The number of thiazole rings is 1. The number of nitrogens with one attached hydrogen (secondary N) is 3. The molecule has 7 rings (SSSR count). The first-order valence-electron chi connectivity index (χ1n) is 23.3. The Balaban J connectivity index is 0.912. The number of aliphatic hydroxyl groups excluding tert-OH is 2. The van der Waals surface area contributed by atoms with Gasteiger partial charge in [0.15, 0.2) is 5.82 Å². The van der Waals surface area contributed by atoms with Crippen LogP contribution in [0.3, 0.4) is 0 Å². The molecule has 3 aliphatic rings. The summed E-state index contributed by atoms with van der Waals surface area (Å²) in [6, 6.07) is 13.8. The number of β-amino-alcohol motifs (C(OH)–C–C–N with tert-alkyl or cyclic N) is 1. The van der Waals surface area contributed by atoms with Crippen molar-refractivity contribution < 1.29 is 24.9 Å². The van der Waals surface area contributed by atoms with Gasteiger partial charge < -0.3 is 52.1 Å². The van der Waals surface area contributed by atoms with Crippen LogP contribution in [0.1, 0.15) is 94.4 Å². The molecule has 16 nitrogen and oxygen atoms in total. The van der Waals surface area contributed by atoms with Crippen LogP contribution in [0.25, 0.3) is 22.2 Å². The summed E-state index contributed by atoms with van der Waals surface area (Å²) < 4.78 is 1.99. The molecule has 0 saturated carbocycles. The van der Waals surface area contributed by atoms with Crippen molar-refractivity contribution in [1.82, 2.24) is 34.8 Å². The van der Waals surface area contributed by atoms with Crippen LogP contribution >= 0.6 is 11.3 Å². The second kappa shape index (κ2) is 21.2. The largest absolute Gasteiger partial charge is 0.511 e. The molecule has 1 unspecified atom stereocenters. The van der Waals surface area contributed by atoms with E-state index in [4.69, 9.17) is 22.0 Å². The summed E-state index contributed by atoms with van der Waals surface area (Å²) in [5.41, 5.74) is 20.0. The van der Waals surface area contributed by atoms with Gasteiger partial charge in [-0.3, -0.25) is 19.7 Å². The Labute approximate surface area is 391 Å². The molecule has 3 fully saturated rings. The quantitative estimate of drug-likeness (QED) is 0.0369. The molecule has 2 aromatic carbocycles. The van der Waals surface area contributed by atoms with Crippen LogP contribution in [-0.2, 0) is 9.59 Å². The van der Waals surface area contributed by atoms with Gasteiger partial charge in [-0.2, -0.15) is 5.10 Å². The fourth-order valence-corrected chi connectivity index (χ4v) is 10.5. The zero-order valence-electron chi connectivity index (χ0n) is 38.8. The third kappa shape index (κ3) is 10.9. The molecule has 354 valence electrons. The molecular weight excluding hydrogens is 855 g/mol. The Hall–Kier alpha value is -5.91. The summed E-state index contributed by atoms with van der Waals surface area (Å²) in [5.74, 6) is -1.02. The molecule has 0 aliphatic carbocycles. The zero-order valence-corrected chi connectivity index (χ0v) is 39.6. The zero-order chi connectivity index (χ0) is 47.2. The number of piperidine rings is 2. The molecule has 3 saturated heterocycles. The van der Waals surface area contributed by atoms with E-state index in [1.54, 1.807) is 35.6 Å². The molecule has 0 spiro atoms. The van der Waals surface area contributed by atoms with Gasteiger partial charge in [-0.1, -0.05) is 50.2 Å². The van der Waals surface area contributed by atoms with E-state index in [0.29, 0.717) is 48.3 Å². The number of amides is 2. The van der Waals surface area contributed by atoms with Crippen LogP contribution in [0, 0.1) is 30.1 Å². The number of aryl methyl sites for hydroxylation is 1. The molecule has 2 aromatic heterocycles. The van der Waals surface area contributed by atoms with Crippen molar-refractivity contribution in [3.05, 3.63) is 88.4 Å². The number of anilines is 2. The van der Waals surface area contributed by atoms with E-state index in [1.165, 1.54) is 11.0 Å². The maximum absolute atomic E-state index is 14.2. The monoisotopic (exact) mass is 922 g/mol. The summed E-state index contributed by atoms with van der Waals surface area (Å²) in [6.45, 7) is 14.2. The van der Waals surface area contributed by atoms with Gasteiger partial charge >= 0.3 is 0 Å². The average molecular weight is 922 g/mol. The SMILES string of the molecule is CCNc1nn(C2CCN(CC3CCN(C(=N)/C=C(\O)C(C(=O)N4C[C@H](O)C[C@H]4C(=O)N[C@@H](C)c4ccc(-c5scnc5C)cc4)C(C)C)CC3)CC2)c(/C=C(\N)c2ccccc2O)c1N. The van der Waals surface area contributed by atoms with Gasteiger partial charge in [0.05, 0.1) is 45.9 Å². The molecule has 10 N–H and O–H groups in total. The second-order valence-corrected chi connectivity index (χ2v) is 19.2. The van der Waals surface area contributed by atoms with E-state index in [-0.39, 0.29) is 54.2 Å². The first-order chi connectivity index (χ1) is 31.6. The standard InChI is InChI=1S/C49H67N11O5S/c1-6-53-47-45(52)39(24-38(50)37-9-7-8-10-41(37)62)60(56-47)35-17-19-57(20-18-35)26-32-15-21-58(22-16-32)43(51)25-42(63)44(29(2)3)49(65)59-27-36(61)23-40(59)48(64)55-30(4)33-11-13-34(14-12-33)46-31(5)54-28-66-46/h7-14,24-25,28-30,32,35-36,40,44,51,61-63H,6,15-23,26-27,50,52H2,1-5H3,(H,53,56)(H,55,64)/b38-24-,42-25-,51-43?/t30-,36+,40-,44?/m0/s1. The fraction of sp³-hybridized carbons (Fsp3) is 0.490. The topological polar surface area (TPSA) is 235 Å². The van der Waals surface area contributed by atoms with E-state index in [9.17, 15) is 24.9 Å². The predicted molar refractivity (Wildman–Crippen MR) is 262 cm³/mol. The van der Waals surface area contributed by atoms with Gasteiger partial charge in [0.1, 0.15) is 29.1 Å². The van der Waals surface area contributed by atoms with Crippen molar-refractivity contribution in [2.24, 2.45) is 23.5 Å². The van der Waals surface area contributed by atoms with Gasteiger partial charge in [-0.25, -0.2) is 4.98 Å². The minimum absolute atomic E-state index is 0.0169. The minimum atomic E-state index is -0.985.